The smallest absolute Gasteiger partial charge is 0.335 e. The first-order valence-electron chi connectivity index (χ1n) is 6.34. The predicted molar refractivity (Wildman–Crippen MR) is 82.5 cm³/mol. The second-order valence-electron chi connectivity index (χ2n) is 4.74. The van der Waals surface area contributed by atoms with Gasteiger partial charge in [-0.1, -0.05) is 29.8 Å². The predicted octanol–water partition coefficient (Wildman–Crippen LogP) is 3.12. The first kappa shape index (κ1) is 12.1. The van der Waals surface area contributed by atoms with Gasteiger partial charge in [-0.15, -0.1) is 0 Å². The topological polar surface area (TPSA) is 74.4 Å². The van der Waals surface area contributed by atoms with E-state index in [1.165, 1.54) is 6.20 Å². The molecule has 0 unspecified atom stereocenters. The van der Waals surface area contributed by atoms with Crippen molar-refractivity contribution in [1.29, 1.82) is 0 Å². The van der Waals surface area contributed by atoms with Gasteiger partial charge in [0.15, 0.2) is 5.65 Å². The number of H-pyrrole nitrogens is 2. The number of benzene rings is 2. The second-order valence-corrected chi connectivity index (χ2v) is 5.18. The Hall–Kier alpha value is -2.66. The summed E-state index contributed by atoms with van der Waals surface area (Å²) in [6.45, 7) is 0. The standard InChI is InChI=1S/C15H9ClN4O/c16-11-4-3-8-5-10(2-1-9(8)6-11)13-18-12-7-17-15(21)20-14(12)19-13/h1-7H,(H2,17,18,19,20,21). The zero-order chi connectivity index (χ0) is 14.4. The van der Waals surface area contributed by atoms with Crippen LogP contribution in [0.4, 0.5) is 0 Å². The molecule has 5 nitrogen and oxygen atoms in total. The summed E-state index contributed by atoms with van der Waals surface area (Å²) in [5.74, 6) is 0.686. The van der Waals surface area contributed by atoms with Crippen molar-refractivity contribution in [2.75, 3.05) is 0 Å². The third-order valence-electron chi connectivity index (χ3n) is 3.34. The number of imidazole rings is 1. The van der Waals surface area contributed by atoms with Gasteiger partial charge >= 0.3 is 5.69 Å². The molecule has 0 aliphatic heterocycles. The summed E-state index contributed by atoms with van der Waals surface area (Å²) >= 11 is 5.98. The van der Waals surface area contributed by atoms with Gasteiger partial charge in [0.05, 0.1) is 6.20 Å². The minimum Gasteiger partial charge on any atom is -0.335 e. The number of aromatic nitrogens is 4. The minimum absolute atomic E-state index is 0.409. The molecule has 0 amide bonds. The number of fused-ring (bicyclic) bond motifs is 2. The lowest BCUT2D eigenvalue weighted by Crippen LogP contribution is -2.08. The summed E-state index contributed by atoms with van der Waals surface area (Å²) in [4.78, 5) is 25.0. The number of aromatic amines is 2. The number of rotatable bonds is 1. The van der Waals surface area contributed by atoms with Crippen molar-refractivity contribution >= 4 is 33.5 Å². The van der Waals surface area contributed by atoms with Crippen molar-refractivity contribution < 1.29 is 0 Å². The zero-order valence-corrected chi connectivity index (χ0v) is 11.5. The zero-order valence-electron chi connectivity index (χ0n) is 10.7. The van der Waals surface area contributed by atoms with Crippen LogP contribution in [-0.4, -0.2) is 19.9 Å². The Bertz CT molecular complexity index is 1030. The van der Waals surface area contributed by atoms with E-state index in [4.69, 9.17) is 11.6 Å². The molecule has 0 fully saturated rings. The lowest BCUT2D eigenvalue weighted by atomic mass is 10.1. The summed E-state index contributed by atoms with van der Waals surface area (Å²) in [6.07, 6.45) is 1.48. The van der Waals surface area contributed by atoms with Gasteiger partial charge in [-0.25, -0.2) is 9.78 Å². The van der Waals surface area contributed by atoms with E-state index in [0.29, 0.717) is 22.0 Å². The van der Waals surface area contributed by atoms with Gasteiger partial charge < -0.3 is 4.98 Å². The monoisotopic (exact) mass is 296 g/mol. The van der Waals surface area contributed by atoms with Crippen LogP contribution in [0.5, 0.6) is 0 Å². The molecule has 0 bridgehead atoms. The van der Waals surface area contributed by atoms with E-state index in [1.54, 1.807) is 0 Å². The van der Waals surface area contributed by atoms with E-state index in [9.17, 15) is 4.79 Å². The molecular formula is C15H9ClN4O. The van der Waals surface area contributed by atoms with Gasteiger partial charge in [-0.2, -0.15) is 4.98 Å². The van der Waals surface area contributed by atoms with Gasteiger partial charge in [-0.3, -0.25) is 4.98 Å². The number of nitrogens with zero attached hydrogens (tertiary/aromatic N) is 2. The van der Waals surface area contributed by atoms with Crippen molar-refractivity contribution in [1.82, 2.24) is 19.9 Å². The molecule has 0 saturated heterocycles. The number of hydrogen-bond acceptors (Lipinski definition) is 3. The lowest BCUT2D eigenvalue weighted by molar-refractivity contribution is 1.11. The van der Waals surface area contributed by atoms with Crippen LogP contribution in [0, 0.1) is 0 Å². The highest BCUT2D eigenvalue weighted by Crippen LogP contribution is 2.25. The van der Waals surface area contributed by atoms with Gasteiger partial charge in [0, 0.05) is 10.6 Å². The van der Waals surface area contributed by atoms with E-state index in [-0.39, 0.29) is 0 Å². The Labute approximate surface area is 123 Å². The van der Waals surface area contributed by atoms with Crippen LogP contribution in [-0.2, 0) is 0 Å². The third-order valence-corrected chi connectivity index (χ3v) is 3.58. The molecule has 2 N–H and O–H groups in total. The van der Waals surface area contributed by atoms with E-state index >= 15 is 0 Å². The number of hydrogen-bond donors (Lipinski definition) is 2. The Kier molecular flexibility index (Phi) is 2.55. The fraction of sp³-hybridized carbons (Fsp3) is 0. The van der Waals surface area contributed by atoms with Crippen molar-refractivity contribution in [3.8, 4) is 11.4 Å². The van der Waals surface area contributed by atoms with E-state index in [1.807, 2.05) is 36.4 Å². The molecule has 0 spiro atoms. The van der Waals surface area contributed by atoms with Gasteiger partial charge in [0.25, 0.3) is 0 Å². The minimum atomic E-state index is -0.409. The molecule has 2 aromatic heterocycles. The molecule has 0 radical (unpaired) electrons. The molecule has 0 atom stereocenters. The fourth-order valence-corrected chi connectivity index (χ4v) is 2.51. The molecule has 102 valence electrons. The Balaban J connectivity index is 1.91. The van der Waals surface area contributed by atoms with Crippen LogP contribution in [0.25, 0.3) is 33.3 Å². The van der Waals surface area contributed by atoms with Crippen molar-refractivity contribution in [3.63, 3.8) is 0 Å². The van der Waals surface area contributed by atoms with Crippen LogP contribution in [0.3, 0.4) is 0 Å². The van der Waals surface area contributed by atoms with Crippen molar-refractivity contribution in [3.05, 3.63) is 58.1 Å². The summed E-state index contributed by atoms with van der Waals surface area (Å²) in [6, 6.07) is 11.7. The summed E-state index contributed by atoms with van der Waals surface area (Å²) < 4.78 is 0. The van der Waals surface area contributed by atoms with Crippen LogP contribution in [0.1, 0.15) is 0 Å². The molecule has 0 aliphatic carbocycles. The van der Waals surface area contributed by atoms with Crippen LogP contribution < -0.4 is 5.69 Å². The molecule has 4 aromatic rings. The van der Waals surface area contributed by atoms with Crippen molar-refractivity contribution in [2.24, 2.45) is 0 Å². The number of halogens is 1. The largest absolute Gasteiger partial charge is 0.346 e. The average Bonchev–Trinajstić information content (AvgIpc) is 2.89. The molecule has 21 heavy (non-hydrogen) atoms. The van der Waals surface area contributed by atoms with Gasteiger partial charge in [-0.05, 0) is 29.0 Å². The number of nitrogens with one attached hydrogen (secondary N) is 2. The summed E-state index contributed by atoms with van der Waals surface area (Å²) in [7, 11) is 0. The van der Waals surface area contributed by atoms with E-state index in [0.717, 1.165) is 16.3 Å². The van der Waals surface area contributed by atoms with Crippen LogP contribution in [0.2, 0.25) is 5.02 Å². The fourth-order valence-electron chi connectivity index (χ4n) is 2.33. The van der Waals surface area contributed by atoms with Crippen molar-refractivity contribution in [2.45, 2.75) is 0 Å². The average molecular weight is 297 g/mol. The highest BCUT2D eigenvalue weighted by molar-refractivity contribution is 6.31. The first-order valence-corrected chi connectivity index (χ1v) is 6.71. The molecule has 2 heterocycles. The first-order chi connectivity index (χ1) is 10.2. The highest BCUT2D eigenvalue weighted by atomic mass is 35.5. The maximum atomic E-state index is 11.2. The van der Waals surface area contributed by atoms with Crippen LogP contribution >= 0.6 is 11.6 Å². The highest BCUT2D eigenvalue weighted by Gasteiger charge is 2.07. The quantitative estimate of drug-likeness (QED) is 0.567. The third kappa shape index (κ3) is 2.08. The molecule has 2 aromatic carbocycles. The van der Waals surface area contributed by atoms with Gasteiger partial charge in [0.1, 0.15) is 11.3 Å². The molecule has 0 aliphatic rings. The molecule has 0 saturated carbocycles. The second kappa shape index (κ2) is 4.43. The van der Waals surface area contributed by atoms with E-state index in [2.05, 4.69) is 19.9 Å². The normalized spacial score (nSPS) is 11.3. The Morgan fingerprint density at radius 1 is 1.00 bits per heavy atom. The molecule has 6 heteroatoms. The van der Waals surface area contributed by atoms with Crippen LogP contribution in [0.15, 0.2) is 47.4 Å². The van der Waals surface area contributed by atoms with Gasteiger partial charge in [0.2, 0.25) is 0 Å². The summed E-state index contributed by atoms with van der Waals surface area (Å²) in [5.41, 5.74) is 1.72. The maximum absolute atomic E-state index is 11.2. The maximum Gasteiger partial charge on any atom is 0.346 e. The van der Waals surface area contributed by atoms with E-state index < -0.39 is 5.69 Å². The Morgan fingerprint density at radius 3 is 2.71 bits per heavy atom. The molecular weight excluding hydrogens is 288 g/mol. The lowest BCUT2D eigenvalue weighted by Gasteiger charge is -2.01. The SMILES string of the molecule is O=c1ncc2[nH]c(-c3ccc4cc(Cl)ccc4c3)nc2[nH]1. The summed E-state index contributed by atoms with van der Waals surface area (Å²) in [5, 5.41) is 2.85. The Morgan fingerprint density at radius 2 is 1.81 bits per heavy atom. The molecule has 4 rings (SSSR count).